The predicted octanol–water partition coefficient (Wildman–Crippen LogP) is 0.712. The van der Waals surface area contributed by atoms with Crippen molar-refractivity contribution in [3.8, 4) is 11.1 Å². The zero-order chi connectivity index (χ0) is 19.4. The first-order valence-corrected chi connectivity index (χ1v) is 8.31. The summed E-state index contributed by atoms with van der Waals surface area (Å²) in [6, 6.07) is 4.77. The lowest BCUT2D eigenvalue weighted by molar-refractivity contribution is -0.672. The van der Waals surface area contributed by atoms with Crippen molar-refractivity contribution in [3.63, 3.8) is 0 Å². The topological polar surface area (TPSA) is 131 Å². The summed E-state index contributed by atoms with van der Waals surface area (Å²) < 4.78 is 5.52. The van der Waals surface area contributed by atoms with Crippen LogP contribution in [-0.4, -0.2) is 33.7 Å². The molecule has 10 heteroatoms. The molecule has 0 unspecified atom stereocenters. The minimum Gasteiger partial charge on any atom is -0.739 e. The summed E-state index contributed by atoms with van der Waals surface area (Å²) in [5.41, 5.74) is 1.65. The number of nitrogens with one attached hydrogen (secondary N) is 1. The highest BCUT2D eigenvalue weighted by atomic mass is 16.5. The summed E-state index contributed by atoms with van der Waals surface area (Å²) in [7, 11) is 0. The number of anilines is 1. The van der Waals surface area contributed by atoms with Crippen LogP contribution in [0.15, 0.2) is 36.9 Å². The summed E-state index contributed by atoms with van der Waals surface area (Å²) in [5.74, 6) is -0.592. The van der Waals surface area contributed by atoms with Gasteiger partial charge in [0.2, 0.25) is 5.10 Å². The molecule has 0 amide bonds. The van der Waals surface area contributed by atoms with Gasteiger partial charge in [0.15, 0.2) is 5.52 Å². The number of benzene rings is 1. The Labute approximate surface area is 154 Å². The van der Waals surface area contributed by atoms with Gasteiger partial charge < -0.3 is 15.2 Å². The Morgan fingerprint density at radius 2 is 1.93 bits per heavy atom. The lowest BCUT2D eigenvalue weighted by atomic mass is 10.1. The summed E-state index contributed by atoms with van der Waals surface area (Å²) in [5, 5.41) is 31.2. The molecule has 0 radical (unpaired) electrons. The van der Waals surface area contributed by atoms with Gasteiger partial charge in [-0.1, -0.05) is 6.07 Å². The second kappa shape index (κ2) is 7.77. The number of carbonyl (C=O) groups is 1. The molecule has 3 rings (SSSR count). The Bertz CT molecular complexity index is 965. The van der Waals surface area contributed by atoms with Crippen LogP contribution in [0, 0.1) is 10.4 Å². The maximum Gasteiger partial charge on any atom is 0.460 e. The van der Waals surface area contributed by atoms with Gasteiger partial charge in [-0.05, 0) is 25.5 Å². The van der Waals surface area contributed by atoms with Crippen LogP contribution in [-0.2, 0) is 9.53 Å². The second-order valence-corrected chi connectivity index (χ2v) is 6.04. The zero-order valence-electron chi connectivity index (χ0n) is 14.8. The largest absolute Gasteiger partial charge is 0.739 e. The molecule has 1 aromatic carbocycles. The molecule has 0 atom stereocenters. The van der Waals surface area contributed by atoms with Crippen LogP contribution in [0.1, 0.15) is 20.3 Å². The van der Waals surface area contributed by atoms with Gasteiger partial charge in [-0.3, -0.25) is 10.1 Å². The normalized spacial score (nSPS) is 10.9. The summed E-state index contributed by atoms with van der Waals surface area (Å²) in [6.45, 7) is 3.61. The standard InChI is InChI=1S/C17H18N6O4/c1-11(2)27-16(24)5-6-20-17-21-23(26)15-7-12(3-4-14(15)22(17)25)13-8-18-10-19-9-13/h3-4,7-11H,5-6H2,1-2H3,(H,20,21). The van der Waals surface area contributed by atoms with Crippen molar-refractivity contribution in [2.75, 3.05) is 11.9 Å². The van der Waals surface area contributed by atoms with E-state index < -0.39 is 5.97 Å². The number of nitrogens with zero attached hydrogens (tertiary/aromatic N) is 5. The van der Waals surface area contributed by atoms with Gasteiger partial charge in [-0.25, -0.2) is 14.7 Å². The molecule has 3 aromatic rings. The number of carbonyl (C=O) groups excluding carboxylic acids is 1. The van der Waals surface area contributed by atoms with Gasteiger partial charge in [0.05, 0.1) is 19.1 Å². The number of fused-ring (bicyclic) bond motifs is 1. The van der Waals surface area contributed by atoms with Gasteiger partial charge in [-0.2, -0.15) is 0 Å². The Hall–Kier alpha value is -3.56. The molecule has 0 spiro atoms. The molecule has 0 aliphatic rings. The highest BCUT2D eigenvalue weighted by Gasteiger charge is 2.21. The molecule has 0 saturated carbocycles. The number of ether oxygens (including phenoxy) is 1. The van der Waals surface area contributed by atoms with E-state index in [9.17, 15) is 15.2 Å². The van der Waals surface area contributed by atoms with E-state index in [-0.39, 0.29) is 36.1 Å². The van der Waals surface area contributed by atoms with Crippen LogP contribution in [0.25, 0.3) is 22.2 Å². The van der Waals surface area contributed by atoms with Crippen molar-refractivity contribution >= 4 is 23.0 Å². The van der Waals surface area contributed by atoms with Crippen LogP contribution < -0.4 is 14.9 Å². The van der Waals surface area contributed by atoms with E-state index in [4.69, 9.17) is 4.74 Å². The molecule has 2 aromatic heterocycles. The molecule has 0 saturated heterocycles. The number of aromatic nitrogens is 5. The minimum atomic E-state index is -0.402. The lowest BCUT2D eigenvalue weighted by Gasteiger charge is -2.11. The van der Waals surface area contributed by atoms with Gasteiger partial charge in [0, 0.05) is 28.9 Å². The van der Waals surface area contributed by atoms with Crippen LogP contribution in [0.5, 0.6) is 0 Å². The van der Waals surface area contributed by atoms with Crippen molar-refractivity contribution in [2.24, 2.45) is 0 Å². The average Bonchev–Trinajstić information content (AvgIpc) is 2.65. The molecular formula is C17H18N6O4. The van der Waals surface area contributed by atoms with E-state index in [1.165, 1.54) is 12.4 Å². The second-order valence-electron chi connectivity index (χ2n) is 6.04. The minimum absolute atomic E-state index is 0.0453. The van der Waals surface area contributed by atoms with Crippen molar-refractivity contribution in [1.29, 1.82) is 0 Å². The maximum atomic E-state index is 12.5. The predicted molar refractivity (Wildman–Crippen MR) is 95.0 cm³/mol. The molecule has 1 N–H and O–H groups in total. The van der Waals surface area contributed by atoms with Crippen LogP contribution in [0.3, 0.4) is 0 Å². The first-order chi connectivity index (χ1) is 13.0. The van der Waals surface area contributed by atoms with E-state index in [0.717, 1.165) is 0 Å². The Morgan fingerprint density at radius 3 is 2.63 bits per heavy atom. The molecular weight excluding hydrogens is 352 g/mol. The van der Waals surface area contributed by atoms with Gasteiger partial charge in [0.1, 0.15) is 6.33 Å². The van der Waals surface area contributed by atoms with Crippen molar-refractivity contribution in [2.45, 2.75) is 26.4 Å². The number of rotatable bonds is 6. The van der Waals surface area contributed by atoms with Crippen molar-refractivity contribution in [1.82, 2.24) is 15.1 Å². The Balaban J connectivity index is 1.83. The molecule has 27 heavy (non-hydrogen) atoms. The van der Waals surface area contributed by atoms with Crippen LogP contribution in [0.2, 0.25) is 0 Å². The molecule has 140 valence electrons. The highest BCUT2D eigenvalue weighted by molar-refractivity contribution is 5.77. The average molecular weight is 370 g/mol. The van der Waals surface area contributed by atoms with Crippen molar-refractivity contribution in [3.05, 3.63) is 47.3 Å². The third-order valence-electron chi connectivity index (χ3n) is 3.65. The third-order valence-corrected chi connectivity index (χ3v) is 3.65. The summed E-state index contributed by atoms with van der Waals surface area (Å²) >= 11 is 0. The lowest BCUT2D eigenvalue weighted by Crippen LogP contribution is -2.44. The quantitative estimate of drug-likeness (QED) is 0.381. The van der Waals surface area contributed by atoms with Gasteiger partial charge in [-0.15, -0.1) is 0 Å². The third kappa shape index (κ3) is 4.17. The van der Waals surface area contributed by atoms with E-state index in [1.807, 2.05) is 0 Å². The SMILES string of the molecule is CC(C)OC(=O)CCNc1n[n+]([O-])c2cc(-c3cncnc3)ccc2[n+]1[O-]. The van der Waals surface area contributed by atoms with E-state index in [2.05, 4.69) is 20.4 Å². The molecule has 10 nitrogen and oxygen atoms in total. The van der Waals surface area contributed by atoms with Gasteiger partial charge >= 0.3 is 11.9 Å². The smallest absolute Gasteiger partial charge is 0.460 e. The maximum absolute atomic E-state index is 12.5. The van der Waals surface area contributed by atoms with Gasteiger partial charge in [0.25, 0.3) is 5.52 Å². The fourth-order valence-electron chi connectivity index (χ4n) is 2.48. The Morgan fingerprint density at radius 1 is 1.19 bits per heavy atom. The molecule has 2 heterocycles. The fourth-order valence-corrected chi connectivity index (χ4v) is 2.48. The summed E-state index contributed by atoms with van der Waals surface area (Å²) in [6.07, 6.45) is 4.44. The zero-order valence-corrected chi connectivity index (χ0v) is 14.8. The van der Waals surface area contributed by atoms with Crippen LogP contribution >= 0.6 is 0 Å². The number of esters is 1. The fraction of sp³-hybridized carbons (Fsp3) is 0.294. The Kier molecular flexibility index (Phi) is 5.25. The molecule has 0 bridgehead atoms. The first-order valence-electron chi connectivity index (χ1n) is 8.31. The van der Waals surface area contributed by atoms with Crippen LogP contribution in [0.4, 0.5) is 5.95 Å². The summed E-state index contributed by atoms with van der Waals surface area (Å²) in [4.78, 5) is 19.8. The van der Waals surface area contributed by atoms with Crippen molar-refractivity contribution < 1.29 is 19.1 Å². The molecule has 0 aliphatic heterocycles. The molecule has 0 aliphatic carbocycles. The van der Waals surface area contributed by atoms with E-state index in [0.29, 0.717) is 20.7 Å². The number of hydrogen-bond donors (Lipinski definition) is 1. The highest BCUT2D eigenvalue weighted by Crippen LogP contribution is 2.20. The van der Waals surface area contributed by atoms with E-state index >= 15 is 0 Å². The monoisotopic (exact) mass is 370 g/mol. The molecule has 0 fully saturated rings. The number of hydrogen-bond acceptors (Lipinski definition) is 8. The van der Waals surface area contributed by atoms with E-state index in [1.54, 1.807) is 38.4 Å². The first kappa shape index (κ1) is 18.2.